The number of hydrogen-bond acceptors (Lipinski definition) is 2. The van der Waals surface area contributed by atoms with E-state index >= 15 is 0 Å². The SMILES string of the molecule is CNC(C)c1ccn(Cc2sccc2Br)c1. The Kier molecular flexibility index (Phi) is 3.84. The third kappa shape index (κ3) is 2.56. The lowest BCUT2D eigenvalue weighted by Gasteiger charge is -2.07. The summed E-state index contributed by atoms with van der Waals surface area (Å²) in [6, 6.07) is 4.68. The third-order valence-corrected chi connectivity index (χ3v) is 4.63. The molecule has 0 aliphatic rings. The number of nitrogens with one attached hydrogen (secondary N) is 1. The van der Waals surface area contributed by atoms with E-state index in [9.17, 15) is 0 Å². The van der Waals surface area contributed by atoms with Crippen molar-refractivity contribution in [3.05, 3.63) is 44.8 Å². The Morgan fingerprint density at radius 3 is 2.94 bits per heavy atom. The van der Waals surface area contributed by atoms with Crippen LogP contribution in [0.4, 0.5) is 0 Å². The largest absolute Gasteiger partial charge is 0.349 e. The summed E-state index contributed by atoms with van der Waals surface area (Å²) >= 11 is 5.34. The van der Waals surface area contributed by atoms with Crippen LogP contribution in [-0.2, 0) is 6.54 Å². The molecule has 2 heterocycles. The minimum Gasteiger partial charge on any atom is -0.349 e. The van der Waals surface area contributed by atoms with Crippen LogP contribution in [0.1, 0.15) is 23.4 Å². The van der Waals surface area contributed by atoms with Crippen LogP contribution in [0, 0.1) is 0 Å². The highest BCUT2D eigenvalue weighted by Gasteiger charge is 2.06. The van der Waals surface area contributed by atoms with Crippen molar-refractivity contribution < 1.29 is 0 Å². The van der Waals surface area contributed by atoms with Gasteiger partial charge in [0.1, 0.15) is 0 Å². The normalized spacial score (nSPS) is 12.9. The molecule has 86 valence electrons. The van der Waals surface area contributed by atoms with E-state index < -0.39 is 0 Å². The molecule has 2 aromatic heterocycles. The molecule has 1 unspecified atom stereocenters. The number of aromatic nitrogens is 1. The predicted octanol–water partition coefficient (Wildman–Crippen LogP) is 3.64. The molecule has 4 heteroatoms. The van der Waals surface area contributed by atoms with Gasteiger partial charge >= 0.3 is 0 Å². The first-order valence-electron chi connectivity index (χ1n) is 5.25. The van der Waals surface area contributed by atoms with E-state index in [2.05, 4.69) is 62.6 Å². The zero-order chi connectivity index (χ0) is 11.5. The second-order valence-electron chi connectivity index (χ2n) is 3.82. The number of halogens is 1. The van der Waals surface area contributed by atoms with Gasteiger partial charge in [0.15, 0.2) is 0 Å². The van der Waals surface area contributed by atoms with Gasteiger partial charge in [0, 0.05) is 27.8 Å². The van der Waals surface area contributed by atoms with Gasteiger partial charge in [-0.3, -0.25) is 0 Å². The molecule has 0 radical (unpaired) electrons. The van der Waals surface area contributed by atoms with Gasteiger partial charge in [-0.25, -0.2) is 0 Å². The van der Waals surface area contributed by atoms with Crippen molar-refractivity contribution in [3.63, 3.8) is 0 Å². The molecule has 0 amide bonds. The molecule has 1 N–H and O–H groups in total. The maximum atomic E-state index is 3.56. The van der Waals surface area contributed by atoms with Crippen LogP contribution in [0.15, 0.2) is 34.4 Å². The molecule has 0 bridgehead atoms. The summed E-state index contributed by atoms with van der Waals surface area (Å²) in [6.07, 6.45) is 4.34. The molecule has 2 nitrogen and oxygen atoms in total. The van der Waals surface area contributed by atoms with E-state index in [1.807, 2.05) is 7.05 Å². The van der Waals surface area contributed by atoms with Crippen LogP contribution in [0.25, 0.3) is 0 Å². The van der Waals surface area contributed by atoms with Gasteiger partial charge in [0.25, 0.3) is 0 Å². The van der Waals surface area contributed by atoms with Crippen molar-refractivity contribution in [1.82, 2.24) is 9.88 Å². The summed E-state index contributed by atoms with van der Waals surface area (Å²) in [6.45, 7) is 3.11. The van der Waals surface area contributed by atoms with Gasteiger partial charge < -0.3 is 9.88 Å². The predicted molar refractivity (Wildman–Crippen MR) is 73.0 cm³/mol. The molecule has 0 aliphatic carbocycles. The molecule has 0 fully saturated rings. The fourth-order valence-corrected chi connectivity index (χ4v) is 3.07. The standard InChI is InChI=1S/C12H15BrN2S/c1-9(14-2)10-3-5-15(7-10)8-12-11(13)4-6-16-12/h3-7,9,14H,8H2,1-2H3. The lowest BCUT2D eigenvalue weighted by molar-refractivity contribution is 0.649. The van der Waals surface area contributed by atoms with Crippen LogP contribution in [0.3, 0.4) is 0 Å². The molecular formula is C12H15BrN2S. The van der Waals surface area contributed by atoms with Crippen LogP contribution in [0.2, 0.25) is 0 Å². The van der Waals surface area contributed by atoms with Gasteiger partial charge in [-0.2, -0.15) is 0 Å². The molecule has 2 rings (SSSR count). The van der Waals surface area contributed by atoms with Crippen LogP contribution in [-0.4, -0.2) is 11.6 Å². The lowest BCUT2D eigenvalue weighted by atomic mass is 10.2. The van der Waals surface area contributed by atoms with Crippen LogP contribution < -0.4 is 5.32 Å². The molecule has 1 atom stereocenters. The average molecular weight is 299 g/mol. The first-order valence-corrected chi connectivity index (χ1v) is 6.93. The quantitative estimate of drug-likeness (QED) is 0.912. The highest BCUT2D eigenvalue weighted by molar-refractivity contribution is 9.10. The highest BCUT2D eigenvalue weighted by Crippen LogP contribution is 2.24. The van der Waals surface area contributed by atoms with Crippen molar-refractivity contribution in [3.8, 4) is 0 Å². The van der Waals surface area contributed by atoms with Crippen molar-refractivity contribution in [2.24, 2.45) is 0 Å². The van der Waals surface area contributed by atoms with Crippen molar-refractivity contribution in [1.29, 1.82) is 0 Å². The summed E-state index contributed by atoms with van der Waals surface area (Å²) in [5, 5.41) is 5.36. The maximum absolute atomic E-state index is 3.56. The monoisotopic (exact) mass is 298 g/mol. The smallest absolute Gasteiger partial charge is 0.0574 e. The minimum absolute atomic E-state index is 0.410. The van der Waals surface area contributed by atoms with Crippen molar-refractivity contribution in [2.45, 2.75) is 19.5 Å². The Morgan fingerprint density at radius 1 is 1.50 bits per heavy atom. The van der Waals surface area contributed by atoms with Gasteiger partial charge in [-0.15, -0.1) is 11.3 Å². The molecular weight excluding hydrogens is 284 g/mol. The summed E-state index contributed by atoms with van der Waals surface area (Å²) in [4.78, 5) is 1.36. The zero-order valence-electron chi connectivity index (χ0n) is 9.40. The Balaban J connectivity index is 2.11. The van der Waals surface area contributed by atoms with E-state index in [1.165, 1.54) is 14.9 Å². The summed E-state index contributed by atoms with van der Waals surface area (Å²) in [5.74, 6) is 0. The first kappa shape index (κ1) is 11.9. The highest BCUT2D eigenvalue weighted by atomic mass is 79.9. The van der Waals surface area contributed by atoms with Gasteiger partial charge in [-0.1, -0.05) is 0 Å². The topological polar surface area (TPSA) is 17.0 Å². The molecule has 2 aromatic rings. The number of rotatable bonds is 4. The molecule has 0 aromatic carbocycles. The molecule has 16 heavy (non-hydrogen) atoms. The van der Waals surface area contributed by atoms with Crippen LogP contribution in [0.5, 0.6) is 0 Å². The van der Waals surface area contributed by atoms with E-state index in [4.69, 9.17) is 0 Å². The third-order valence-electron chi connectivity index (χ3n) is 2.72. The number of thiophene rings is 1. The Hall–Kier alpha value is -0.580. The molecule has 0 saturated carbocycles. The summed E-state index contributed by atoms with van der Waals surface area (Å²) in [5.41, 5.74) is 1.33. The van der Waals surface area contributed by atoms with Gasteiger partial charge in [-0.05, 0) is 53.0 Å². The van der Waals surface area contributed by atoms with E-state index in [-0.39, 0.29) is 0 Å². The van der Waals surface area contributed by atoms with Crippen molar-refractivity contribution in [2.75, 3.05) is 7.05 Å². The molecule has 0 aliphatic heterocycles. The first-order chi connectivity index (χ1) is 7.70. The second-order valence-corrected chi connectivity index (χ2v) is 5.67. The zero-order valence-corrected chi connectivity index (χ0v) is 11.8. The molecule has 0 spiro atoms. The van der Waals surface area contributed by atoms with E-state index in [0.29, 0.717) is 6.04 Å². The number of nitrogens with zero attached hydrogens (tertiary/aromatic N) is 1. The fraction of sp³-hybridized carbons (Fsp3) is 0.333. The van der Waals surface area contributed by atoms with Gasteiger partial charge in [0.05, 0.1) is 6.54 Å². The fourth-order valence-electron chi connectivity index (χ4n) is 1.58. The van der Waals surface area contributed by atoms with Gasteiger partial charge in [0.2, 0.25) is 0 Å². The Morgan fingerprint density at radius 2 is 2.31 bits per heavy atom. The lowest BCUT2D eigenvalue weighted by Crippen LogP contribution is -2.11. The summed E-state index contributed by atoms with van der Waals surface area (Å²) < 4.78 is 3.43. The molecule has 0 saturated heterocycles. The Labute approximate surface area is 108 Å². The number of hydrogen-bond donors (Lipinski definition) is 1. The summed E-state index contributed by atoms with van der Waals surface area (Å²) in [7, 11) is 1.98. The maximum Gasteiger partial charge on any atom is 0.0574 e. The van der Waals surface area contributed by atoms with E-state index in [1.54, 1.807) is 11.3 Å². The average Bonchev–Trinajstić information content (AvgIpc) is 2.89. The van der Waals surface area contributed by atoms with E-state index in [0.717, 1.165) is 6.54 Å². The second kappa shape index (κ2) is 5.17. The minimum atomic E-state index is 0.410. The van der Waals surface area contributed by atoms with Crippen molar-refractivity contribution >= 4 is 27.3 Å². The van der Waals surface area contributed by atoms with Crippen LogP contribution >= 0.6 is 27.3 Å². The Bertz CT molecular complexity index is 461.